The van der Waals surface area contributed by atoms with Gasteiger partial charge in [-0.3, -0.25) is 9.59 Å². The molecule has 0 spiro atoms. The second kappa shape index (κ2) is 5.43. The van der Waals surface area contributed by atoms with Crippen molar-refractivity contribution < 1.29 is 19.2 Å². The van der Waals surface area contributed by atoms with E-state index in [0.29, 0.717) is 23.6 Å². The van der Waals surface area contributed by atoms with Gasteiger partial charge in [0.15, 0.2) is 0 Å². The Balaban J connectivity index is 2.16. The minimum atomic E-state index is -0.887. The van der Waals surface area contributed by atoms with Gasteiger partial charge in [-0.1, -0.05) is 5.16 Å². The molecule has 1 unspecified atom stereocenters. The molecular formula is C11H14N2O4S. The van der Waals surface area contributed by atoms with Crippen molar-refractivity contribution in [3.8, 4) is 0 Å². The minimum absolute atomic E-state index is 0.0247. The van der Waals surface area contributed by atoms with E-state index in [9.17, 15) is 9.59 Å². The average Bonchev–Trinajstić information content (AvgIpc) is 2.74. The highest BCUT2D eigenvalue weighted by molar-refractivity contribution is 7.99. The van der Waals surface area contributed by atoms with E-state index in [1.165, 1.54) is 6.20 Å². The molecule has 0 radical (unpaired) electrons. The quantitative estimate of drug-likeness (QED) is 0.882. The lowest BCUT2D eigenvalue weighted by atomic mass is 10.1. The molecule has 1 aliphatic heterocycles. The van der Waals surface area contributed by atoms with Gasteiger partial charge in [0.25, 0.3) is 5.91 Å². The summed E-state index contributed by atoms with van der Waals surface area (Å²) in [6, 6.07) is -0.261. The smallest absolute Gasteiger partial charge is 0.305 e. The molecule has 1 aliphatic rings. The van der Waals surface area contributed by atoms with E-state index in [4.69, 9.17) is 9.63 Å². The summed E-state index contributed by atoms with van der Waals surface area (Å²) in [7, 11) is 0. The van der Waals surface area contributed by atoms with Crippen LogP contribution < -0.4 is 0 Å². The first-order valence-electron chi connectivity index (χ1n) is 5.61. The maximum atomic E-state index is 12.3. The van der Waals surface area contributed by atoms with Gasteiger partial charge in [-0.15, -0.1) is 0 Å². The summed E-state index contributed by atoms with van der Waals surface area (Å²) in [5.41, 5.74) is 0.414. The lowest BCUT2D eigenvalue weighted by molar-refractivity contribution is -0.138. The maximum Gasteiger partial charge on any atom is 0.305 e. The Morgan fingerprint density at radius 3 is 3.06 bits per heavy atom. The third-order valence-corrected chi connectivity index (χ3v) is 3.97. The fraction of sp³-hybridized carbons (Fsp3) is 0.545. The molecule has 98 valence electrons. The molecule has 0 saturated carbocycles. The highest BCUT2D eigenvalue weighted by Gasteiger charge is 2.31. The number of carbonyl (C=O) groups excluding carboxylic acids is 1. The van der Waals surface area contributed by atoms with Crippen LogP contribution in [0, 0.1) is 6.92 Å². The van der Waals surface area contributed by atoms with Crippen molar-refractivity contribution in [1.29, 1.82) is 0 Å². The number of aryl methyl sites for hydroxylation is 1. The second-order valence-corrected chi connectivity index (χ2v) is 5.27. The number of carboxylic acids is 1. The van der Waals surface area contributed by atoms with Crippen LogP contribution in [-0.2, 0) is 4.79 Å². The Morgan fingerprint density at radius 2 is 2.44 bits per heavy atom. The summed E-state index contributed by atoms with van der Waals surface area (Å²) in [5.74, 6) is 0.865. The van der Waals surface area contributed by atoms with Crippen molar-refractivity contribution in [2.24, 2.45) is 0 Å². The van der Waals surface area contributed by atoms with Crippen LogP contribution >= 0.6 is 11.8 Å². The van der Waals surface area contributed by atoms with E-state index in [2.05, 4.69) is 5.16 Å². The first-order valence-corrected chi connectivity index (χ1v) is 6.77. The number of carboxylic acid groups (broad SMARTS) is 1. The van der Waals surface area contributed by atoms with E-state index in [0.717, 1.165) is 5.75 Å². The summed E-state index contributed by atoms with van der Waals surface area (Å²) < 4.78 is 4.87. The molecule has 6 nitrogen and oxygen atoms in total. The highest BCUT2D eigenvalue weighted by Crippen LogP contribution is 2.22. The van der Waals surface area contributed by atoms with E-state index in [1.807, 2.05) is 0 Å². The minimum Gasteiger partial charge on any atom is -0.481 e. The Hall–Kier alpha value is -1.50. The molecule has 1 amide bonds. The van der Waals surface area contributed by atoms with Crippen LogP contribution in [0.15, 0.2) is 10.7 Å². The van der Waals surface area contributed by atoms with Gasteiger partial charge in [0.2, 0.25) is 0 Å². The molecule has 1 saturated heterocycles. The van der Waals surface area contributed by atoms with Crippen molar-refractivity contribution in [2.75, 3.05) is 18.1 Å². The Morgan fingerprint density at radius 1 is 1.67 bits per heavy atom. The lowest BCUT2D eigenvalue weighted by Gasteiger charge is -2.34. The molecule has 0 aliphatic carbocycles. The van der Waals surface area contributed by atoms with Crippen LogP contribution in [0.1, 0.15) is 22.5 Å². The Kier molecular flexibility index (Phi) is 3.90. The first kappa shape index (κ1) is 12.9. The normalized spacial score (nSPS) is 19.8. The SMILES string of the molecule is Cc1oncc1C(=O)N1CCSCC1CC(=O)O. The van der Waals surface area contributed by atoms with Crippen molar-refractivity contribution >= 4 is 23.6 Å². The lowest BCUT2D eigenvalue weighted by Crippen LogP contribution is -2.47. The van der Waals surface area contributed by atoms with Crippen molar-refractivity contribution in [3.63, 3.8) is 0 Å². The highest BCUT2D eigenvalue weighted by atomic mass is 32.2. The molecule has 2 heterocycles. The standard InChI is InChI=1S/C11H14N2O4S/c1-7-9(5-12-17-7)11(16)13-2-3-18-6-8(13)4-10(14)15/h5,8H,2-4,6H2,1H3,(H,14,15). The fourth-order valence-corrected chi connectivity index (χ4v) is 3.01. The number of aromatic nitrogens is 1. The predicted molar refractivity (Wildman–Crippen MR) is 65.6 cm³/mol. The topological polar surface area (TPSA) is 83.6 Å². The molecule has 2 rings (SSSR count). The zero-order chi connectivity index (χ0) is 13.1. The van der Waals surface area contributed by atoms with E-state index >= 15 is 0 Å². The molecule has 1 N–H and O–H groups in total. The molecule has 7 heteroatoms. The van der Waals surface area contributed by atoms with Crippen LogP contribution in [0.5, 0.6) is 0 Å². The van der Waals surface area contributed by atoms with Crippen LogP contribution in [0.4, 0.5) is 0 Å². The van der Waals surface area contributed by atoms with Gasteiger partial charge in [0.1, 0.15) is 11.3 Å². The van der Waals surface area contributed by atoms with E-state index < -0.39 is 5.97 Å². The third kappa shape index (κ3) is 2.66. The van der Waals surface area contributed by atoms with Gasteiger partial charge < -0.3 is 14.5 Å². The van der Waals surface area contributed by atoms with Gasteiger partial charge in [-0.05, 0) is 6.92 Å². The van der Waals surface area contributed by atoms with Crippen molar-refractivity contribution in [1.82, 2.24) is 10.1 Å². The van der Waals surface area contributed by atoms with Gasteiger partial charge in [0, 0.05) is 18.1 Å². The molecule has 0 aromatic carbocycles. The molecule has 1 aromatic heterocycles. The van der Waals surface area contributed by atoms with Crippen LogP contribution in [0.3, 0.4) is 0 Å². The number of rotatable bonds is 3. The maximum absolute atomic E-state index is 12.3. The number of carbonyl (C=O) groups is 2. The Bertz CT molecular complexity index is 460. The molecule has 1 atom stereocenters. The molecule has 1 fully saturated rings. The summed E-state index contributed by atoms with van der Waals surface area (Å²) >= 11 is 1.67. The third-order valence-electron chi connectivity index (χ3n) is 2.88. The number of thioether (sulfide) groups is 1. The molecule has 18 heavy (non-hydrogen) atoms. The van der Waals surface area contributed by atoms with Gasteiger partial charge in [-0.2, -0.15) is 11.8 Å². The summed E-state index contributed by atoms with van der Waals surface area (Å²) in [5, 5.41) is 12.5. The number of nitrogens with zero attached hydrogens (tertiary/aromatic N) is 2. The van der Waals surface area contributed by atoms with Gasteiger partial charge >= 0.3 is 5.97 Å². The van der Waals surface area contributed by atoms with Crippen LogP contribution in [0.25, 0.3) is 0 Å². The van der Waals surface area contributed by atoms with Crippen LogP contribution in [0.2, 0.25) is 0 Å². The van der Waals surface area contributed by atoms with E-state index in [-0.39, 0.29) is 18.4 Å². The van der Waals surface area contributed by atoms with Crippen molar-refractivity contribution in [3.05, 3.63) is 17.5 Å². The average molecular weight is 270 g/mol. The summed E-state index contributed by atoms with van der Waals surface area (Å²) in [4.78, 5) is 24.7. The first-order chi connectivity index (χ1) is 8.59. The number of aliphatic carboxylic acids is 1. The summed E-state index contributed by atoms with van der Waals surface area (Å²) in [6.07, 6.45) is 1.36. The largest absolute Gasteiger partial charge is 0.481 e. The number of amides is 1. The Labute approximate surface area is 108 Å². The number of hydrogen-bond acceptors (Lipinski definition) is 5. The van der Waals surface area contributed by atoms with Crippen molar-refractivity contribution in [2.45, 2.75) is 19.4 Å². The summed E-state index contributed by atoms with van der Waals surface area (Å²) in [6.45, 7) is 2.23. The molecular weight excluding hydrogens is 256 g/mol. The van der Waals surface area contributed by atoms with Gasteiger partial charge in [-0.25, -0.2) is 0 Å². The zero-order valence-electron chi connectivity index (χ0n) is 9.96. The second-order valence-electron chi connectivity index (χ2n) is 4.12. The zero-order valence-corrected chi connectivity index (χ0v) is 10.8. The fourth-order valence-electron chi connectivity index (χ4n) is 1.95. The van der Waals surface area contributed by atoms with Crippen LogP contribution in [-0.4, -0.2) is 51.1 Å². The predicted octanol–water partition coefficient (Wildman–Crippen LogP) is 1.02. The molecule has 1 aromatic rings. The van der Waals surface area contributed by atoms with E-state index in [1.54, 1.807) is 23.6 Å². The number of hydrogen-bond donors (Lipinski definition) is 1. The monoisotopic (exact) mass is 270 g/mol. The molecule has 0 bridgehead atoms. The van der Waals surface area contributed by atoms with Gasteiger partial charge in [0.05, 0.1) is 18.7 Å².